The molecule has 15 nitrogen and oxygen atoms in total. The average Bonchev–Trinajstić information content (AvgIpc) is 3.26. The van der Waals surface area contributed by atoms with Crippen LogP contribution >= 0.6 is 7.82 Å². The van der Waals surface area contributed by atoms with E-state index in [0.29, 0.717) is 32.1 Å². The number of fused-ring (bicyclic) bond motifs is 4. The summed E-state index contributed by atoms with van der Waals surface area (Å²) in [6.45, 7) is 2.72. The van der Waals surface area contributed by atoms with Gasteiger partial charge in [0.25, 0.3) is 0 Å². The van der Waals surface area contributed by atoms with E-state index < -0.39 is 99.4 Å². The van der Waals surface area contributed by atoms with E-state index in [1.165, 1.54) is 18.2 Å². The van der Waals surface area contributed by atoms with E-state index in [1.807, 2.05) is 6.92 Å². The van der Waals surface area contributed by atoms with E-state index in [9.17, 15) is 54.5 Å². The van der Waals surface area contributed by atoms with Crippen molar-refractivity contribution in [3.05, 3.63) is 72.9 Å². The Morgan fingerprint density at radius 2 is 1.54 bits per heavy atom. The van der Waals surface area contributed by atoms with Crippen molar-refractivity contribution in [3.63, 3.8) is 0 Å². The maximum Gasteiger partial charge on any atom is 0.472 e. The maximum atomic E-state index is 13.5. The molecule has 11 atom stereocenters. The van der Waals surface area contributed by atoms with Crippen LogP contribution in [-0.2, 0) is 37.5 Å². The van der Waals surface area contributed by atoms with E-state index in [1.54, 1.807) is 12.2 Å². The molecule has 0 radical (unpaired) electrons. The molecule has 1 aliphatic heterocycles. The summed E-state index contributed by atoms with van der Waals surface area (Å²) in [5.74, 6) is -4.66. The maximum absolute atomic E-state index is 13.5. The second kappa shape index (κ2) is 32.6. The minimum Gasteiger partial charge on any atom is -0.462 e. The number of allylic oxidation sites excluding steroid dienone is 9. The van der Waals surface area contributed by atoms with E-state index in [0.717, 1.165) is 70.3 Å². The Balaban J connectivity index is 2.15. The van der Waals surface area contributed by atoms with Crippen LogP contribution in [0.2, 0.25) is 0 Å². The second-order valence-corrected chi connectivity index (χ2v) is 17.6. The van der Waals surface area contributed by atoms with Gasteiger partial charge >= 0.3 is 19.8 Å². The summed E-state index contributed by atoms with van der Waals surface area (Å²) in [5.41, 5.74) is 0. The van der Waals surface area contributed by atoms with Gasteiger partial charge in [0, 0.05) is 18.8 Å². The number of hydrogen-bond acceptors (Lipinski definition) is 14. The summed E-state index contributed by atoms with van der Waals surface area (Å²) in [5, 5.41) is 66.8. The lowest BCUT2D eigenvalue weighted by Crippen LogP contribution is -2.55. The minimum atomic E-state index is -5.42. The summed E-state index contributed by atoms with van der Waals surface area (Å²) in [7, 11) is -5.42. The Hall–Kier alpha value is -3.08. The highest BCUT2D eigenvalue weighted by atomic mass is 31.2. The highest BCUT2D eigenvalue weighted by molar-refractivity contribution is 7.47. The fourth-order valence-electron chi connectivity index (χ4n) is 6.97. The molecule has 0 fully saturated rings. The monoisotopic (exact) mass is 910 g/mol. The van der Waals surface area contributed by atoms with Crippen LogP contribution in [0.15, 0.2) is 72.9 Å². The first-order valence-electron chi connectivity index (χ1n) is 22.8. The molecule has 0 amide bonds. The molecule has 1 heterocycles. The molecule has 0 aromatic carbocycles. The minimum absolute atomic E-state index is 0.0230. The van der Waals surface area contributed by atoms with Crippen LogP contribution in [0.3, 0.4) is 0 Å². The zero-order valence-electron chi connectivity index (χ0n) is 37.2. The molecule has 7 N–H and O–H groups in total. The molecule has 1 unspecified atom stereocenters. The highest BCUT2D eigenvalue weighted by Gasteiger charge is 2.47. The lowest BCUT2D eigenvalue weighted by molar-refractivity contribution is -0.164. The van der Waals surface area contributed by atoms with Gasteiger partial charge < -0.3 is 45.0 Å². The number of unbranched alkanes of at least 4 members (excludes halogenated alkanes) is 7. The van der Waals surface area contributed by atoms with Crippen molar-refractivity contribution < 1.29 is 73.0 Å². The Bertz CT molecular complexity index is 1540. The average molecular weight is 911 g/mol. The topological polar surface area (TPSA) is 247 Å². The van der Waals surface area contributed by atoms with Gasteiger partial charge in [-0.05, 0) is 70.3 Å². The molecule has 0 saturated carbocycles. The number of carbonyl (C=O) groups excluding carboxylic acids is 3. The van der Waals surface area contributed by atoms with Crippen molar-refractivity contribution in [1.29, 1.82) is 0 Å². The molecule has 2 aliphatic rings. The number of cyclic esters (lactones) is 1. The third kappa shape index (κ3) is 23.6. The van der Waals surface area contributed by atoms with Crippen LogP contribution in [0.5, 0.6) is 0 Å². The van der Waals surface area contributed by atoms with Crippen LogP contribution < -0.4 is 0 Å². The molecule has 16 heteroatoms. The predicted molar refractivity (Wildman–Crippen MR) is 239 cm³/mol. The lowest BCUT2D eigenvalue weighted by Gasteiger charge is -2.36. The van der Waals surface area contributed by atoms with E-state index >= 15 is 0 Å². The van der Waals surface area contributed by atoms with E-state index in [-0.39, 0.29) is 19.3 Å². The molecular formula is C47H75O15P. The number of ether oxygens (including phenoxy) is 2. The molecule has 0 aromatic heterocycles. The van der Waals surface area contributed by atoms with Gasteiger partial charge in [-0.1, -0.05) is 119 Å². The number of esters is 2. The van der Waals surface area contributed by atoms with Crippen molar-refractivity contribution in [1.82, 2.24) is 0 Å². The smallest absolute Gasteiger partial charge is 0.462 e. The van der Waals surface area contributed by atoms with Gasteiger partial charge in [0.2, 0.25) is 0 Å². The summed E-state index contributed by atoms with van der Waals surface area (Å²) in [6.07, 6.45) is 17.3. The molecule has 63 heavy (non-hydrogen) atoms. The van der Waals surface area contributed by atoms with Gasteiger partial charge in [0.15, 0.2) is 11.9 Å². The fraction of sp³-hybridized carbons (Fsp3) is 0.681. The zero-order chi connectivity index (χ0) is 46.5. The summed E-state index contributed by atoms with van der Waals surface area (Å²) >= 11 is 0. The SMILES string of the molecule is CC/C=C\C/C=C\C/C=C\CCCCCCCC(=O)OC[C@@H]1COP(=O)(O)O[C@H]2[C@H](O)[C@@H](O)[C@H](O)[C@H](/C=C\C(=O)[C@H](/C=C/[C@@H](O)CCCCC)[C@@H](O)[C@H]2O)C/C=C\CCCC(=O)O1. The van der Waals surface area contributed by atoms with Gasteiger partial charge in [-0.2, -0.15) is 0 Å². The number of aliphatic hydroxyl groups is 6. The van der Waals surface area contributed by atoms with Gasteiger partial charge in [0.05, 0.1) is 30.8 Å². The number of aliphatic hydroxyl groups excluding tert-OH is 6. The number of phosphoric ester groups is 1. The van der Waals surface area contributed by atoms with E-state index in [4.69, 9.17) is 18.5 Å². The first-order valence-corrected chi connectivity index (χ1v) is 24.3. The van der Waals surface area contributed by atoms with Gasteiger partial charge in [-0.25, -0.2) is 4.57 Å². The molecule has 1 aliphatic carbocycles. The van der Waals surface area contributed by atoms with Crippen molar-refractivity contribution in [2.75, 3.05) is 13.2 Å². The van der Waals surface area contributed by atoms with E-state index in [2.05, 4.69) is 43.4 Å². The Morgan fingerprint density at radius 3 is 2.27 bits per heavy atom. The molecule has 0 saturated heterocycles. The van der Waals surface area contributed by atoms with Crippen LogP contribution in [0.25, 0.3) is 0 Å². The second-order valence-electron chi connectivity index (χ2n) is 16.2. The van der Waals surface area contributed by atoms with Crippen molar-refractivity contribution in [2.45, 2.75) is 178 Å². The molecule has 358 valence electrons. The fourth-order valence-corrected chi connectivity index (χ4v) is 7.95. The van der Waals surface area contributed by atoms with Crippen molar-refractivity contribution in [2.24, 2.45) is 11.8 Å². The molecular weight excluding hydrogens is 835 g/mol. The third-order valence-electron chi connectivity index (χ3n) is 10.8. The Morgan fingerprint density at radius 1 is 0.857 bits per heavy atom. The van der Waals surface area contributed by atoms with Crippen LogP contribution in [-0.4, -0.2) is 115 Å². The van der Waals surface area contributed by atoms with Crippen LogP contribution in [0.4, 0.5) is 0 Å². The van der Waals surface area contributed by atoms with Crippen molar-refractivity contribution >= 4 is 25.5 Å². The Kier molecular flexibility index (Phi) is 29.0. The number of hydrogen-bond donors (Lipinski definition) is 7. The van der Waals surface area contributed by atoms with Crippen LogP contribution in [0.1, 0.15) is 129 Å². The Labute approximate surface area is 373 Å². The van der Waals surface area contributed by atoms with Crippen molar-refractivity contribution in [3.8, 4) is 0 Å². The van der Waals surface area contributed by atoms with Gasteiger partial charge in [-0.15, -0.1) is 0 Å². The molecule has 2 bridgehead atoms. The molecule has 0 aromatic rings. The largest absolute Gasteiger partial charge is 0.472 e. The van der Waals surface area contributed by atoms with Gasteiger partial charge in [-0.3, -0.25) is 23.4 Å². The summed E-state index contributed by atoms with van der Waals surface area (Å²) in [4.78, 5) is 49.8. The first-order chi connectivity index (χ1) is 30.2. The highest BCUT2D eigenvalue weighted by Crippen LogP contribution is 2.47. The summed E-state index contributed by atoms with van der Waals surface area (Å²) in [6, 6.07) is 0. The third-order valence-corrected chi connectivity index (χ3v) is 11.8. The number of rotatable bonds is 21. The molecule has 2 rings (SSSR count). The number of ketones is 1. The predicted octanol–water partition coefficient (Wildman–Crippen LogP) is 6.34. The number of carbonyl (C=O) groups is 3. The standard InChI is InChI=1S/C47H75O15P/c1-3-5-7-8-9-10-11-12-13-14-15-16-17-18-23-27-40(50)59-33-37-34-60-63(57,58)62-47-45(55)43(53)38(31-30-36(48)26-21-6-4-2)39(49)32-29-35(42(52)44(54)46(47)56)25-22-19-20-24-28-41(51)61-37/h5,7,9-10,12-13,19,22,29-32,35-38,42-48,52-56H,3-4,6,8,11,14-18,20-21,23-28,33-34H2,1-2H3,(H,57,58)/b7-5-,10-9-,13-12-,22-19-,31-30+,32-29-/t35-,36-,37+,38-,42+,43+,44-,45+,46+,47+/m0/s1. The summed E-state index contributed by atoms with van der Waals surface area (Å²) < 4.78 is 34.6. The van der Waals surface area contributed by atoms with Crippen LogP contribution in [0, 0.1) is 11.8 Å². The number of phosphoric acid groups is 1. The molecule has 0 spiro atoms. The zero-order valence-corrected chi connectivity index (χ0v) is 38.1. The quantitative estimate of drug-likeness (QED) is 0.0288. The normalized spacial score (nSPS) is 31.3. The first kappa shape index (κ1) is 56.1. The van der Waals surface area contributed by atoms with Gasteiger partial charge in [0.1, 0.15) is 31.0 Å². The lowest BCUT2D eigenvalue weighted by atomic mass is 9.87.